The van der Waals surface area contributed by atoms with E-state index < -0.39 is 0 Å². The summed E-state index contributed by atoms with van der Waals surface area (Å²) in [5, 5.41) is 2.74. The minimum atomic E-state index is -0.361. The molecule has 92 valence electrons. The van der Waals surface area contributed by atoms with Gasteiger partial charge in [-0.2, -0.15) is 0 Å². The summed E-state index contributed by atoms with van der Waals surface area (Å²) in [5.74, 6) is -0.361. The van der Waals surface area contributed by atoms with Crippen molar-refractivity contribution in [3.8, 4) is 0 Å². The van der Waals surface area contributed by atoms with Gasteiger partial charge in [-0.05, 0) is 18.1 Å². The molecular weight excluding hydrogens is 228 g/mol. The molecule has 18 heavy (non-hydrogen) atoms. The summed E-state index contributed by atoms with van der Waals surface area (Å²) in [4.78, 5) is 26.0. The van der Waals surface area contributed by atoms with Crippen LogP contribution in [-0.2, 0) is 6.54 Å². The number of hydrogen-bond donors (Lipinski definition) is 2. The summed E-state index contributed by atoms with van der Waals surface area (Å²) in [6, 6.07) is 9.14. The standard InChI is InChI=1S/C14H14N2O2/c1-10-4-2-3-5-11(10)8-16-14(18)12-9-15-7-6-13(12)17/h2-7,9H,8H2,1H3,(H,15,17)(H,16,18). The summed E-state index contributed by atoms with van der Waals surface area (Å²) in [6.07, 6.45) is 2.91. The van der Waals surface area contributed by atoms with Crippen LogP contribution in [0.15, 0.2) is 47.5 Å². The maximum absolute atomic E-state index is 11.8. The van der Waals surface area contributed by atoms with Gasteiger partial charge in [0.25, 0.3) is 5.91 Å². The number of nitrogens with one attached hydrogen (secondary N) is 2. The number of aromatic amines is 1. The Labute approximate surface area is 105 Å². The first kappa shape index (κ1) is 12.1. The van der Waals surface area contributed by atoms with E-state index >= 15 is 0 Å². The normalized spacial score (nSPS) is 10.1. The molecule has 1 heterocycles. The Balaban J connectivity index is 2.08. The molecule has 0 atom stereocenters. The van der Waals surface area contributed by atoms with Crippen LogP contribution in [0.4, 0.5) is 0 Å². The predicted molar refractivity (Wildman–Crippen MR) is 69.4 cm³/mol. The summed E-state index contributed by atoms with van der Waals surface area (Å²) in [5.41, 5.74) is 2.00. The van der Waals surface area contributed by atoms with Crippen LogP contribution in [0.25, 0.3) is 0 Å². The highest BCUT2D eigenvalue weighted by molar-refractivity contribution is 5.93. The summed E-state index contributed by atoms with van der Waals surface area (Å²) >= 11 is 0. The fourth-order valence-corrected chi connectivity index (χ4v) is 1.67. The van der Waals surface area contributed by atoms with Crippen LogP contribution in [0.1, 0.15) is 21.5 Å². The lowest BCUT2D eigenvalue weighted by molar-refractivity contribution is 0.0949. The highest BCUT2D eigenvalue weighted by Crippen LogP contribution is 2.06. The van der Waals surface area contributed by atoms with Gasteiger partial charge in [0.1, 0.15) is 5.56 Å². The number of carbonyl (C=O) groups excluding carboxylic acids is 1. The Morgan fingerprint density at radius 1 is 1.28 bits per heavy atom. The van der Waals surface area contributed by atoms with Crippen LogP contribution in [0.3, 0.4) is 0 Å². The molecule has 4 nitrogen and oxygen atoms in total. The molecule has 0 aliphatic heterocycles. The first-order valence-corrected chi connectivity index (χ1v) is 5.68. The van der Waals surface area contributed by atoms with Gasteiger partial charge in [0.05, 0.1) is 0 Å². The van der Waals surface area contributed by atoms with Crippen molar-refractivity contribution in [2.24, 2.45) is 0 Å². The molecular formula is C14H14N2O2. The van der Waals surface area contributed by atoms with Crippen LogP contribution >= 0.6 is 0 Å². The molecule has 2 rings (SSSR count). The van der Waals surface area contributed by atoms with Crippen molar-refractivity contribution in [2.75, 3.05) is 0 Å². The number of benzene rings is 1. The predicted octanol–water partition coefficient (Wildman–Crippen LogP) is 1.61. The maximum atomic E-state index is 11.8. The van der Waals surface area contributed by atoms with Gasteiger partial charge in [-0.1, -0.05) is 24.3 Å². The Morgan fingerprint density at radius 2 is 2.06 bits per heavy atom. The zero-order chi connectivity index (χ0) is 13.0. The fourth-order valence-electron chi connectivity index (χ4n) is 1.67. The number of H-pyrrole nitrogens is 1. The lowest BCUT2D eigenvalue weighted by Gasteiger charge is -2.07. The summed E-state index contributed by atoms with van der Waals surface area (Å²) < 4.78 is 0. The van der Waals surface area contributed by atoms with E-state index in [9.17, 15) is 9.59 Å². The third kappa shape index (κ3) is 2.66. The number of pyridine rings is 1. The molecule has 0 saturated heterocycles. The molecule has 1 aromatic heterocycles. The minimum Gasteiger partial charge on any atom is -0.367 e. The van der Waals surface area contributed by atoms with Gasteiger partial charge >= 0.3 is 0 Å². The van der Waals surface area contributed by atoms with Gasteiger partial charge in [0.2, 0.25) is 0 Å². The molecule has 0 unspecified atom stereocenters. The summed E-state index contributed by atoms with van der Waals surface area (Å²) in [6.45, 7) is 2.40. The van der Waals surface area contributed by atoms with Crippen molar-refractivity contribution in [1.82, 2.24) is 10.3 Å². The number of amides is 1. The number of carbonyl (C=O) groups is 1. The number of hydrogen-bond acceptors (Lipinski definition) is 2. The highest BCUT2D eigenvalue weighted by atomic mass is 16.2. The van der Waals surface area contributed by atoms with Gasteiger partial charge in [-0.3, -0.25) is 9.59 Å². The first-order valence-electron chi connectivity index (χ1n) is 5.68. The van der Waals surface area contributed by atoms with Gasteiger partial charge in [0.15, 0.2) is 5.43 Å². The first-order chi connectivity index (χ1) is 8.68. The average molecular weight is 242 g/mol. The lowest BCUT2D eigenvalue weighted by atomic mass is 10.1. The maximum Gasteiger partial charge on any atom is 0.257 e. The van der Waals surface area contributed by atoms with E-state index in [0.29, 0.717) is 6.54 Å². The van der Waals surface area contributed by atoms with E-state index in [1.807, 2.05) is 31.2 Å². The molecule has 0 aliphatic carbocycles. The largest absolute Gasteiger partial charge is 0.367 e. The Hall–Kier alpha value is -2.36. The van der Waals surface area contributed by atoms with E-state index in [1.54, 1.807) is 0 Å². The van der Waals surface area contributed by atoms with Crippen molar-refractivity contribution in [1.29, 1.82) is 0 Å². The molecule has 0 bridgehead atoms. The minimum absolute atomic E-state index is 0.131. The SMILES string of the molecule is Cc1ccccc1CNC(=O)c1c[nH]ccc1=O. The quantitative estimate of drug-likeness (QED) is 0.859. The fraction of sp³-hybridized carbons (Fsp3) is 0.143. The molecule has 0 fully saturated rings. The van der Waals surface area contributed by atoms with Crippen molar-refractivity contribution < 1.29 is 4.79 Å². The Morgan fingerprint density at radius 3 is 2.78 bits per heavy atom. The molecule has 0 aliphatic rings. The van der Waals surface area contributed by atoms with Crippen LogP contribution in [0, 0.1) is 6.92 Å². The van der Waals surface area contributed by atoms with Crippen molar-refractivity contribution in [2.45, 2.75) is 13.5 Å². The van der Waals surface area contributed by atoms with E-state index in [2.05, 4.69) is 10.3 Å². The molecule has 2 N–H and O–H groups in total. The third-order valence-corrected chi connectivity index (χ3v) is 2.77. The second-order valence-corrected chi connectivity index (χ2v) is 4.03. The molecule has 0 radical (unpaired) electrons. The lowest BCUT2D eigenvalue weighted by Crippen LogP contribution is -2.28. The molecule has 0 saturated carbocycles. The van der Waals surface area contributed by atoms with Crippen LogP contribution in [0.5, 0.6) is 0 Å². The van der Waals surface area contributed by atoms with Crippen molar-refractivity contribution >= 4 is 5.91 Å². The summed E-state index contributed by atoms with van der Waals surface area (Å²) in [7, 11) is 0. The highest BCUT2D eigenvalue weighted by Gasteiger charge is 2.09. The van der Waals surface area contributed by atoms with Gasteiger partial charge in [-0.25, -0.2) is 0 Å². The number of aryl methyl sites for hydroxylation is 1. The monoisotopic (exact) mass is 242 g/mol. The Kier molecular flexibility index (Phi) is 3.57. The molecule has 2 aromatic rings. The van der Waals surface area contributed by atoms with E-state index in [0.717, 1.165) is 11.1 Å². The van der Waals surface area contributed by atoms with Crippen LogP contribution in [0.2, 0.25) is 0 Å². The van der Waals surface area contributed by atoms with Gasteiger partial charge < -0.3 is 10.3 Å². The second kappa shape index (κ2) is 5.31. The Bertz CT molecular complexity index is 617. The zero-order valence-electron chi connectivity index (χ0n) is 10.1. The topological polar surface area (TPSA) is 62.0 Å². The van der Waals surface area contributed by atoms with Crippen LogP contribution in [-0.4, -0.2) is 10.9 Å². The average Bonchev–Trinajstić information content (AvgIpc) is 2.38. The van der Waals surface area contributed by atoms with E-state index in [4.69, 9.17) is 0 Å². The number of rotatable bonds is 3. The third-order valence-electron chi connectivity index (χ3n) is 2.77. The van der Waals surface area contributed by atoms with Gasteiger partial charge in [0, 0.05) is 25.0 Å². The van der Waals surface area contributed by atoms with E-state index in [1.165, 1.54) is 18.5 Å². The zero-order valence-corrected chi connectivity index (χ0v) is 10.1. The van der Waals surface area contributed by atoms with Crippen molar-refractivity contribution in [3.05, 3.63) is 69.6 Å². The molecule has 1 aromatic carbocycles. The van der Waals surface area contributed by atoms with E-state index in [-0.39, 0.29) is 16.9 Å². The van der Waals surface area contributed by atoms with Crippen LogP contribution < -0.4 is 10.7 Å². The molecule has 0 spiro atoms. The smallest absolute Gasteiger partial charge is 0.257 e. The van der Waals surface area contributed by atoms with Crippen molar-refractivity contribution in [3.63, 3.8) is 0 Å². The second-order valence-electron chi connectivity index (χ2n) is 4.03. The van der Waals surface area contributed by atoms with Gasteiger partial charge in [-0.15, -0.1) is 0 Å². The molecule has 1 amide bonds. The number of aromatic nitrogens is 1. The molecule has 4 heteroatoms.